The first-order valence-electron chi connectivity index (χ1n) is 9.02. The fourth-order valence-corrected chi connectivity index (χ4v) is 3.58. The van der Waals surface area contributed by atoms with Gasteiger partial charge in [0.05, 0.1) is 34.4 Å². The second-order valence-corrected chi connectivity index (χ2v) is 7.02. The predicted molar refractivity (Wildman–Crippen MR) is 108 cm³/mol. The summed E-state index contributed by atoms with van der Waals surface area (Å²) < 4.78 is 27.1. The van der Waals surface area contributed by atoms with Crippen molar-refractivity contribution in [2.75, 3.05) is 35.2 Å². The fraction of sp³-hybridized carbons (Fsp3) is 0.381. The number of hydrogen-bond donors (Lipinski definition) is 0. The summed E-state index contributed by atoms with van der Waals surface area (Å²) in [7, 11) is 6.40. The minimum absolute atomic E-state index is 0.0820. The number of nitrogens with zero attached hydrogens (tertiary/aromatic N) is 1. The number of methoxy groups -OCH3 is 3. The standard InChI is InChI=1S/C21H24ClNO6/c1-23(10-13-5-6-17(25-2)21(27-4)20(13)26-3)18(24)9-14-7-16(22)8-15-11-28-12-29-19(14)15/h5-8H,9-12H2,1-4H3. The van der Waals surface area contributed by atoms with E-state index in [2.05, 4.69) is 0 Å². The molecule has 156 valence electrons. The molecule has 0 bridgehead atoms. The zero-order valence-corrected chi connectivity index (χ0v) is 17.7. The van der Waals surface area contributed by atoms with Crippen LogP contribution in [0.25, 0.3) is 0 Å². The van der Waals surface area contributed by atoms with Crippen LogP contribution in [0.15, 0.2) is 24.3 Å². The summed E-state index contributed by atoms with van der Waals surface area (Å²) >= 11 is 6.20. The predicted octanol–water partition coefficient (Wildman–Crippen LogP) is 3.43. The number of rotatable bonds is 7. The normalized spacial score (nSPS) is 12.6. The van der Waals surface area contributed by atoms with E-state index >= 15 is 0 Å². The molecule has 1 aliphatic rings. The largest absolute Gasteiger partial charge is 0.493 e. The van der Waals surface area contributed by atoms with E-state index < -0.39 is 0 Å². The summed E-state index contributed by atoms with van der Waals surface area (Å²) in [6, 6.07) is 7.19. The Labute approximate surface area is 175 Å². The van der Waals surface area contributed by atoms with Gasteiger partial charge in [0.2, 0.25) is 11.7 Å². The number of benzene rings is 2. The van der Waals surface area contributed by atoms with Gasteiger partial charge in [0.25, 0.3) is 0 Å². The average molecular weight is 422 g/mol. The zero-order chi connectivity index (χ0) is 21.0. The number of hydrogen-bond acceptors (Lipinski definition) is 6. The van der Waals surface area contributed by atoms with Crippen LogP contribution in [0, 0.1) is 0 Å². The van der Waals surface area contributed by atoms with Crippen molar-refractivity contribution in [1.29, 1.82) is 0 Å². The Kier molecular flexibility index (Phi) is 6.71. The van der Waals surface area contributed by atoms with Crippen molar-refractivity contribution >= 4 is 17.5 Å². The maximum absolute atomic E-state index is 12.9. The third kappa shape index (κ3) is 4.52. The van der Waals surface area contributed by atoms with E-state index in [0.29, 0.717) is 41.2 Å². The molecule has 0 aliphatic carbocycles. The van der Waals surface area contributed by atoms with Gasteiger partial charge in [-0.25, -0.2) is 0 Å². The number of fused-ring (bicyclic) bond motifs is 1. The van der Waals surface area contributed by atoms with Crippen LogP contribution >= 0.6 is 11.6 Å². The Morgan fingerprint density at radius 3 is 2.55 bits per heavy atom. The number of carbonyl (C=O) groups excluding carboxylic acids is 1. The molecule has 2 aromatic carbocycles. The quantitative estimate of drug-likeness (QED) is 0.682. The van der Waals surface area contributed by atoms with Crippen LogP contribution in [0.2, 0.25) is 5.02 Å². The Bertz CT molecular complexity index is 901. The second-order valence-electron chi connectivity index (χ2n) is 6.58. The molecule has 0 fully saturated rings. The summed E-state index contributed by atoms with van der Waals surface area (Å²) in [4.78, 5) is 14.5. The smallest absolute Gasteiger partial charge is 0.227 e. The highest BCUT2D eigenvalue weighted by atomic mass is 35.5. The molecule has 0 saturated heterocycles. The number of amides is 1. The SMILES string of the molecule is COc1ccc(CN(C)C(=O)Cc2cc(Cl)cc3c2OCOC3)c(OC)c1OC. The molecule has 0 aromatic heterocycles. The molecule has 0 saturated carbocycles. The van der Waals surface area contributed by atoms with Crippen molar-refractivity contribution in [1.82, 2.24) is 4.90 Å². The van der Waals surface area contributed by atoms with Gasteiger partial charge in [-0.05, 0) is 24.3 Å². The molecular formula is C21H24ClNO6. The number of likely N-dealkylation sites (N-methyl/N-ethyl adjacent to an activating group) is 1. The number of carbonyl (C=O) groups is 1. The Balaban J connectivity index is 1.80. The van der Waals surface area contributed by atoms with Crippen molar-refractivity contribution in [3.63, 3.8) is 0 Å². The van der Waals surface area contributed by atoms with E-state index in [9.17, 15) is 4.79 Å². The van der Waals surface area contributed by atoms with E-state index in [1.54, 1.807) is 51.5 Å². The van der Waals surface area contributed by atoms with E-state index in [1.807, 2.05) is 6.07 Å². The van der Waals surface area contributed by atoms with Gasteiger partial charge in [0, 0.05) is 35.3 Å². The van der Waals surface area contributed by atoms with Crippen LogP contribution in [0.1, 0.15) is 16.7 Å². The molecule has 2 aromatic rings. The van der Waals surface area contributed by atoms with Gasteiger partial charge >= 0.3 is 0 Å². The van der Waals surface area contributed by atoms with E-state index in [-0.39, 0.29) is 19.1 Å². The summed E-state index contributed by atoms with van der Waals surface area (Å²) in [5.74, 6) is 2.18. The van der Waals surface area contributed by atoms with Gasteiger partial charge in [-0.2, -0.15) is 0 Å². The van der Waals surface area contributed by atoms with E-state index in [1.165, 1.54) is 0 Å². The van der Waals surface area contributed by atoms with Gasteiger partial charge in [-0.1, -0.05) is 11.6 Å². The van der Waals surface area contributed by atoms with E-state index in [4.69, 9.17) is 35.3 Å². The van der Waals surface area contributed by atoms with Crippen molar-refractivity contribution in [3.05, 3.63) is 46.0 Å². The molecule has 29 heavy (non-hydrogen) atoms. The van der Waals surface area contributed by atoms with Crippen LogP contribution in [-0.2, 0) is 29.1 Å². The highest BCUT2D eigenvalue weighted by Crippen LogP contribution is 2.40. The molecule has 3 rings (SSSR count). The topological polar surface area (TPSA) is 66.5 Å². The molecule has 0 radical (unpaired) electrons. The molecule has 7 nitrogen and oxygen atoms in total. The minimum Gasteiger partial charge on any atom is -0.493 e. The molecule has 0 N–H and O–H groups in total. The molecule has 0 unspecified atom stereocenters. The zero-order valence-electron chi connectivity index (χ0n) is 16.9. The molecule has 8 heteroatoms. The van der Waals surface area contributed by atoms with Crippen LogP contribution in [0.3, 0.4) is 0 Å². The van der Waals surface area contributed by atoms with Gasteiger partial charge in [-0.15, -0.1) is 0 Å². The summed E-state index contributed by atoms with van der Waals surface area (Å²) in [5, 5.41) is 0.546. The lowest BCUT2D eigenvalue weighted by Gasteiger charge is -2.23. The fourth-order valence-electron chi connectivity index (χ4n) is 3.32. The first kappa shape index (κ1) is 21.1. The lowest BCUT2D eigenvalue weighted by atomic mass is 10.0. The Morgan fingerprint density at radius 1 is 1.10 bits per heavy atom. The number of ether oxygens (including phenoxy) is 5. The maximum atomic E-state index is 12.9. The molecule has 1 heterocycles. The second kappa shape index (κ2) is 9.24. The van der Waals surface area contributed by atoms with Gasteiger partial charge in [0.15, 0.2) is 18.3 Å². The van der Waals surface area contributed by atoms with Crippen LogP contribution in [0.5, 0.6) is 23.0 Å². The Morgan fingerprint density at radius 2 is 1.86 bits per heavy atom. The molecule has 1 amide bonds. The van der Waals surface area contributed by atoms with Crippen LogP contribution < -0.4 is 18.9 Å². The van der Waals surface area contributed by atoms with Gasteiger partial charge < -0.3 is 28.6 Å². The summed E-state index contributed by atoms with van der Waals surface area (Å²) in [6.45, 7) is 0.916. The minimum atomic E-state index is -0.0820. The third-order valence-electron chi connectivity index (χ3n) is 4.71. The molecule has 1 aliphatic heterocycles. The Hall–Kier alpha value is -2.64. The lowest BCUT2D eigenvalue weighted by Crippen LogP contribution is -2.28. The van der Waals surface area contributed by atoms with E-state index in [0.717, 1.165) is 16.7 Å². The number of halogens is 1. The van der Waals surface area contributed by atoms with Gasteiger partial charge in [0.1, 0.15) is 5.75 Å². The van der Waals surface area contributed by atoms with Crippen LogP contribution in [0.4, 0.5) is 0 Å². The van der Waals surface area contributed by atoms with Crippen molar-refractivity contribution in [2.45, 2.75) is 19.6 Å². The van der Waals surface area contributed by atoms with Crippen LogP contribution in [-0.4, -0.2) is 46.0 Å². The highest BCUT2D eigenvalue weighted by Gasteiger charge is 2.22. The summed E-state index contributed by atoms with van der Waals surface area (Å²) in [5.41, 5.74) is 2.39. The lowest BCUT2D eigenvalue weighted by molar-refractivity contribution is -0.129. The molecule has 0 spiro atoms. The third-order valence-corrected chi connectivity index (χ3v) is 4.93. The molecule has 0 atom stereocenters. The van der Waals surface area contributed by atoms with Crippen molar-refractivity contribution in [2.24, 2.45) is 0 Å². The summed E-state index contributed by atoms with van der Waals surface area (Å²) in [6.07, 6.45) is 0.162. The van der Waals surface area contributed by atoms with Crippen molar-refractivity contribution in [3.8, 4) is 23.0 Å². The first-order valence-corrected chi connectivity index (χ1v) is 9.39. The van der Waals surface area contributed by atoms with Gasteiger partial charge in [-0.3, -0.25) is 4.79 Å². The highest BCUT2D eigenvalue weighted by molar-refractivity contribution is 6.30. The monoisotopic (exact) mass is 421 g/mol. The first-order chi connectivity index (χ1) is 14.0. The molecular weight excluding hydrogens is 398 g/mol. The average Bonchev–Trinajstić information content (AvgIpc) is 2.72. The maximum Gasteiger partial charge on any atom is 0.227 e. The van der Waals surface area contributed by atoms with Crippen molar-refractivity contribution < 1.29 is 28.5 Å².